The van der Waals surface area contributed by atoms with Gasteiger partial charge >= 0.3 is 5.97 Å². The molecular weight excluding hydrogens is 535 g/mol. The number of rotatable bonds is 10. The molecule has 1 aliphatic heterocycles. The van der Waals surface area contributed by atoms with E-state index in [1.54, 1.807) is 36.9 Å². The molecule has 1 heterocycles. The number of benzene rings is 2. The third kappa shape index (κ3) is 6.30. The Morgan fingerprint density at radius 1 is 1.14 bits per heavy atom. The molecule has 1 saturated carbocycles. The summed E-state index contributed by atoms with van der Waals surface area (Å²) in [5.74, 6) is -1.56. The molecule has 37 heavy (non-hydrogen) atoms. The van der Waals surface area contributed by atoms with Crippen LogP contribution < -0.4 is 4.72 Å². The number of likely N-dealkylation sites (tertiary alicyclic amines) is 1. The minimum Gasteiger partial charge on any atom is -0.481 e. The number of carboxylic acids is 1. The van der Waals surface area contributed by atoms with Crippen molar-refractivity contribution in [1.29, 1.82) is 0 Å². The Hall–Kier alpha value is -2.13. The van der Waals surface area contributed by atoms with Crippen LogP contribution in [0.25, 0.3) is 0 Å². The van der Waals surface area contributed by atoms with Gasteiger partial charge in [0.1, 0.15) is 0 Å². The van der Waals surface area contributed by atoms with Crippen LogP contribution in [0.1, 0.15) is 62.6 Å². The predicted molar refractivity (Wildman–Crippen MR) is 144 cm³/mol. The maximum Gasteiger partial charge on any atom is 0.304 e. The van der Waals surface area contributed by atoms with Crippen molar-refractivity contribution in [2.45, 2.75) is 57.5 Å². The Balaban J connectivity index is 1.88. The molecule has 2 fully saturated rings. The minimum absolute atomic E-state index is 0.0686. The quantitative estimate of drug-likeness (QED) is 0.408. The Bertz CT molecular complexity index is 1270. The van der Waals surface area contributed by atoms with Crippen molar-refractivity contribution in [3.05, 3.63) is 69.7 Å². The lowest BCUT2D eigenvalue weighted by Gasteiger charge is -2.52. The smallest absolute Gasteiger partial charge is 0.304 e. The summed E-state index contributed by atoms with van der Waals surface area (Å²) in [7, 11) is -3.50. The molecule has 0 spiro atoms. The number of amides is 1. The highest BCUT2D eigenvalue weighted by Gasteiger charge is 2.54. The van der Waals surface area contributed by atoms with E-state index in [0.717, 1.165) is 24.0 Å². The van der Waals surface area contributed by atoms with Gasteiger partial charge in [0.15, 0.2) is 0 Å². The average Bonchev–Trinajstić information content (AvgIpc) is 3.67. The van der Waals surface area contributed by atoms with E-state index in [-0.39, 0.29) is 36.5 Å². The Morgan fingerprint density at radius 2 is 1.81 bits per heavy atom. The van der Waals surface area contributed by atoms with Gasteiger partial charge in [-0.2, -0.15) is 0 Å². The normalized spacial score (nSPS) is 25.2. The van der Waals surface area contributed by atoms with Crippen LogP contribution in [0.3, 0.4) is 0 Å². The number of hydrogen-bond donors (Lipinski definition) is 2. The number of nitrogens with zero attached hydrogens (tertiary/aromatic N) is 1. The number of sulfonamides is 1. The summed E-state index contributed by atoms with van der Waals surface area (Å²) >= 11 is 12.6. The first kappa shape index (κ1) is 27.9. The largest absolute Gasteiger partial charge is 0.481 e. The van der Waals surface area contributed by atoms with Crippen LogP contribution in [0.4, 0.5) is 0 Å². The van der Waals surface area contributed by atoms with Crippen molar-refractivity contribution in [3.63, 3.8) is 0 Å². The highest BCUT2D eigenvalue weighted by Crippen LogP contribution is 2.53. The molecule has 10 heteroatoms. The number of halogens is 2. The van der Waals surface area contributed by atoms with Gasteiger partial charge < -0.3 is 10.0 Å². The van der Waals surface area contributed by atoms with Gasteiger partial charge in [-0.3, -0.25) is 9.59 Å². The lowest BCUT2D eigenvalue weighted by Crippen LogP contribution is -2.59. The number of carboxylic acid groups (broad SMARTS) is 1. The molecule has 0 bridgehead atoms. The maximum atomic E-state index is 14.3. The molecule has 7 nitrogen and oxygen atoms in total. The van der Waals surface area contributed by atoms with Gasteiger partial charge in [-0.15, -0.1) is 0 Å². The maximum absolute atomic E-state index is 14.3. The average molecular weight is 568 g/mol. The van der Waals surface area contributed by atoms with Gasteiger partial charge in [0.2, 0.25) is 15.9 Å². The zero-order chi connectivity index (χ0) is 27.0. The molecule has 2 aliphatic rings. The van der Waals surface area contributed by atoms with E-state index >= 15 is 0 Å². The summed E-state index contributed by atoms with van der Waals surface area (Å²) in [6.07, 6.45) is 1.71. The van der Waals surface area contributed by atoms with Gasteiger partial charge in [-0.05, 0) is 67.5 Å². The highest BCUT2D eigenvalue weighted by atomic mass is 35.5. The Kier molecular flexibility index (Phi) is 8.24. The molecule has 4 rings (SSSR count). The molecule has 2 aromatic carbocycles. The van der Waals surface area contributed by atoms with E-state index < -0.39 is 33.5 Å². The molecule has 200 valence electrons. The monoisotopic (exact) mass is 566 g/mol. The third-order valence-electron chi connectivity index (χ3n) is 7.55. The lowest BCUT2D eigenvalue weighted by atomic mass is 9.67. The van der Waals surface area contributed by atoms with Crippen molar-refractivity contribution >= 4 is 45.1 Å². The van der Waals surface area contributed by atoms with Crippen LogP contribution in [-0.4, -0.2) is 48.6 Å². The van der Waals surface area contributed by atoms with Gasteiger partial charge in [0.05, 0.1) is 23.6 Å². The van der Waals surface area contributed by atoms with Crippen LogP contribution >= 0.6 is 23.2 Å². The minimum atomic E-state index is -3.50. The second kappa shape index (κ2) is 10.9. The van der Waals surface area contributed by atoms with E-state index in [9.17, 15) is 23.1 Å². The van der Waals surface area contributed by atoms with E-state index in [2.05, 4.69) is 4.72 Å². The Morgan fingerprint density at radius 3 is 2.38 bits per heavy atom. The van der Waals surface area contributed by atoms with Crippen LogP contribution in [0.2, 0.25) is 10.0 Å². The van der Waals surface area contributed by atoms with E-state index in [0.29, 0.717) is 16.5 Å². The van der Waals surface area contributed by atoms with Crippen molar-refractivity contribution in [1.82, 2.24) is 9.62 Å². The summed E-state index contributed by atoms with van der Waals surface area (Å²) < 4.78 is 27.4. The Labute approximate surface area is 228 Å². The third-order valence-corrected chi connectivity index (χ3v) is 9.40. The number of carbonyl (C=O) groups excluding carboxylic acids is 1. The molecule has 1 amide bonds. The molecular formula is C27H32Cl2N2O5S. The molecule has 1 saturated heterocycles. The molecule has 0 aromatic heterocycles. The van der Waals surface area contributed by atoms with Crippen LogP contribution in [0.5, 0.6) is 0 Å². The van der Waals surface area contributed by atoms with Crippen molar-refractivity contribution in [2.24, 2.45) is 11.3 Å². The van der Waals surface area contributed by atoms with Crippen molar-refractivity contribution in [3.8, 4) is 0 Å². The first-order valence-corrected chi connectivity index (χ1v) is 14.9. The van der Waals surface area contributed by atoms with Crippen LogP contribution in [0, 0.1) is 11.3 Å². The second-order valence-electron chi connectivity index (χ2n) is 10.4. The van der Waals surface area contributed by atoms with Gasteiger partial charge in [-0.1, -0.05) is 54.4 Å². The molecule has 2 aromatic rings. The zero-order valence-electron chi connectivity index (χ0n) is 20.9. The second-order valence-corrected chi connectivity index (χ2v) is 13.3. The summed E-state index contributed by atoms with van der Waals surface area (Å²) in [5, 5.41) is 10.9. The highest BCUT2D eigenvalue weighted by molar-refractivity contribution is 7.89. The number of nitrogens with one attached hydrogen (secondary N) is 1. The molecule has 2 N–H and O–H groups in total. The summed E-state index contributed by atoms with van der Waals surface area (Å²) in [6, 6.07) is 13.8. The molecule has 4 atom stereocenters. The fraction of sp³-hybridized carbons (Fsp3) is 0.481. The molecule has 0 radical (unpaired) electrons. The first-order valence-electron chi connectivity index (χ1n) is 12.5. The SMILES string of the molecule is CCS(=O)(=O)NCC(C1CC1)N1C(=O)C(C)(CC(=O)O)CC(c2cccc(Cl)c2)C1c1ccc(Cl)cc1. The number of piperidine rings is 1. The van der Waals surface area contributed by atoms with E-state index in [1.807, 2.05) is 30.3 Å². The number of carbonyl (C=O) groups is 2. The number of hydrogen-bond acceptors (Lipinski definition) is 4. The van der Waals surface area contributed by atoms with Crippen LogP contribution in [0.15, 0.2) is 48.5 Å². The van der Waals surface area contributed by atoms with E-state index in [4.69, 9.17) is 23.2 Å². The van der Waals surface area contributed by atoms with Crippen molar-refractivity contribution in [2.75, 3.05) is 12.3 Å². The van der Waals surface area contributed by atoms with E-state index in [1.165, 1.54) is 0 Å². The fourth-order valence-electron chi connectivity index (χ4n) is 5.53. The lowest BCUT2D eigenvalue weighted by molar-refractivity contribution is -0.161. The van der Waals surface area contributed by atoms with Gasteiger partial charge in [-0.25, -0.2) is 13.1 Å². The topological polar surface area (TPSA) is 104 Å². The predicted octanol–water partition coefficient (Wildman–Crippen LogP) is 5.25. The molecule has 4 unspecified atom stereocenters. The molecule has 1 aliphatic carbocycles. The fourth-order valence-corrected chi connectivity index (χ4v) is 6.49. The van der Waals surface area contributed by atoms with Gasteiger partial charge in [0.25, 0.3) is 0 Å². The summed E-state index contributed by atoms with van der Waals surface area (Å²) in [6.45, 7) is 3.34. The van der Waals surface area contributed by atoms with Crippen LogP contribution in [-0.2, 0) is 19.6 Å². The van der Waals surface area contributed by atoms with Crippen molar-refractivity contribution < 1.29 is 23.1 Å². The number of aliphatic carboxylic acids is 1. The summed E-state index contributed by atoms with van der Waals surface area (Å²) in [5.41, 5.74) is 0.563. The van der Waals surface area contributed by atoms with Gasteiger partial charge in [0, 0.05) is 28.5 Å². The zero-order valence-corrected chi connectivity index (χ0v) is 23.2. The first-order chi connectivity index (χ1) is 17.4. The summed E-state index contributed by atoms with van der Waals surface area (Å²) in [4.78, 5) is 28.0. The standard InChI is InChI=1S/C27H32Cl2N2O5S/c1-3-37(35,36)30-16-23(17-7-8-17)31-25(18-9-11-20(28)12-10-18)22(19-5-4-6-21(29)13-19)14-27(2,26(31)34)15-24(32)33/h4-6,9-13,17,22-23,25,30H,3,7-8,14-16H2,1-2H3,(H,32,33).